The summed E-state index contributed by atoms with van der Waals surface area (Å²) in [5, 5.41) is 4.58. The largest absolute Gasteiger partial charge is 0.339 e. The third-order valence-corrected chi connectivity index (χ3v) is 2.49. The maximum absolute atomic E-state index is 5.90. The molecule has 1 heterocycles. The molecule has 1 aromatic carbocycles. The fourth-order valence-electron chi connectivity index (χ4n) is 1.55. The van der Waals surface area contributed by atoms with Gasteiger partial charge in [0.1, 0.15) is 0 Å². The summed E-state index contributed by atoms with van der Waals surface area (Å²) in [6.45, 7) is 1.91. The van der Waals surface area contributed by atoms with Gasteiger partial charge in [0, 0.05) is 17.5 Å². The molecule has 2 rings (SSSR count). The Morgan fingerprint density at radius 3 is 3.00 bits per heavy atom. The Hall–Kier alpha value is -1.39. The van der Waals surface area contributed by atoms with Crippen LogP contribution in [0.15, 0.2) is 28.8 Å². The molecule has 0 saturated heterocycles. The van der Waals surface area contributed by atoms with Crippen molar-refractivity contribution in [3.05, 3.63) is 46.6 Å². The van der Waals surface area contributed by atoms with Gasteiger partial charge in [0.15, 0.2) is 5.82 Å². The summed E-state index contributed by atoms with van der Waals surface area (Å²) in [4.78, 5) is 4.27. The smallest absolute Gasteiger partial charge is 0.231 e. The lowest BCUT2D eigenvalue weighted by Crippen LogP contribution is -2.18. The molecule has 0 radical (unpaired) electrons. The molecule has 2 aromatic rings. The Morgan fingerprint density at radius 2 is 2.29 bits per heavy atom. The number of halogens is 1. The summed E-state index contributed by atoms with van der Waals surface area (Å²) in [6, 6.07) is 7.63. The zero-order chi connectivity index (χ0) is 12.3. The Labute approximate surface area is 105 Å². The molecule has 4 nitrogen and oxygen atoms in total. The molecule has 2 N–H and O–H groups in total. The van der Waals surface area contributed by atoms with Gasteiger partial charge in [-0.15, -0.1) is 0 Å². The van der Waals surface area contributed by atoms with Crippen LogP contribution < -0.4 is 5.73 Å². The van der Waals surface area contributed by atoms with Gasteiger partial charge in [-0.3, -0.25) is 0 Å². The number of nitrogens with zero attached hydrogens (tertiary/aromatic N) is 2. The van der Waals surface area contributed by atoms with E-state index in [4.69, 9.17) is 21.9 Å². The number of hydrogen-bond donors (Lipinski definition) is 1. The van der Waals surface area contributed by atoms with Crippen molar-refractivity contribution in [2.45, 2.75) is 25.8 Å². The minimum absolute atomic E-state index is 0.0339. The molecule has 1 atom stereocenters. The van der Waals surface area contributed by atoms with E-state index in [1.165, 1.54) is 0 Å². The van der Waals surface area contributed by atoms with E-state index in [2.05, 4.69) is 10.1 Å². The van der Waals surface area contributed by atoms with Crippen molar-refractivity contribution in [2.75, 3.05) is 0 Å². The van der Waals surface area contributed by atoms with E-state index in [9.17, 15) is 0 Å². The first-order valence-corrected chi connectivity index (χ1v) is 5.83. The van der Waals surface area contributed by atoms with E-state index in [1.807, 2.05) is 31.2 Å². The van der Waals surface area contributed by atoms with Crippen LogP contribution in [0.5, 0.6) is 0 Å². The molecule has 0 bridgehead atoms. The highest BCUT2D eigenvalue weighted by Gasteiger charge is 2.08. The third kappa shape index (κ3) is 3.54. The van der Waals surface area contributed by atoms with Gasteiger partial charge < -0.3 is 10.3 Å². The van der Waals surface area contributed by atoms with Crippen LogP contribution in [-0.2, 0) is 12.8 Å². The van der Waals surface area contributed by atoms with Crippen molar-refractivity contribution < 1.29 is 4.52 Å². The second kappa shape index (κ2) is 5.29. The summed E-state index contributed by atoms with van der Waals surface area (Å²) in [5.74, 6) is 1.24. The minimum atomic E-state index is 0.0339. The first kappa shape index (κ1) is 12.1. The van der Waals surface area contributed by atoms with Crippen LogP contribution in [0.1, 0.15) is 24.2 Å². The van der Waals surface area contributed by atoms with Crippen LogP contribution in [-0.4, -0.2) is 16.2 Å². The van der Waals surface area contributed by atoms with Crippen LogP contribution in [0.2, 0.25) is 5.02 Å². The molecule has 1 aromatic heterocycles. The van der Waals surface area contributed by atoms with Crippen molar-refractivity contribution in [1.82, 2.24) is 10.1 Å². The molecule has 0 aliphatic heterocycles. The number of benzene rings is 1. The summed E-state index contributed by atoms with van der Waals surface area (Å²) < 4.78 is 5.15. The quantitative estimate of drug-likeness (QED) is 0.905. The fourth-order valence-corrected chi connectivity index (χ4v) is 1.77. The highest BCUT2D eigenvalue weighted by molar-refractivity contribution is 6.30. The molecule has 17 heavy (non-hydrogen) atoms. The first-order valence-electron chi connectivity index (χ1n) is 5.45. The molecule has 0 aliphatic carbocycles. The first-order chi connectivity index (χ1) is 8.13. The summed E-state index contributed by atoms with van der Waals surface area (Å²) in [5.41, 5.74) is 6.72. The topological polar surface area (TPSA) is 64.9 Å². The van der Waals surface area contributed by atoms with E-state index >= 15 is 0 Å². The molecular weight excluding hydrogens is 238 g/mol. The van der Waals surface area contributed by atoms with Crippen LogP contribution in [0, 0.1) is 0 Å². The van der Waals surface area contributed by atoms with Crippen LogP contribution in [0.4, 0.5) is 0 Å². The fraction of sp³-hybridized carbons (Fsp3) is 0.333. The molecule has 0 aliphatic rings. The average Bonchev–Trinajstić information content (AvgIpc) is 2.64. The lowest BCUT2D eigenvalue weighted by atomic mass is 10.1. The number of nitrogens with two attached hydrogens (primary N) is 1. The average molecular weight is 252 g/mol. The normalized spacial score (nSPS) is 12.6. The third-order valence-electron chi connectivity index (χ3n) is 2.26. The van der Waals surface area contributed by atoms with Crippen molar-refractivity contribution in [1.29, 1.82) is 0 Å². The molecule has 90 valence electrons. The van der Waals surface area contributed by atoms with Crippen LogP contribution in [0.3, 0.4) is 0 Å². The standard InChI is InChI=1S/C12H14ClN3O/c1-8(14)5-11-15-12(17-16-11)7-9-3-2-4-10(13)6-9/h2-4,6,8H,5,7,14H2,1H3. The monoisotopic (exact) mass is 251 g/mol. The van der Waals surface area contributed by atoms with Gasteiger partial charge in [0.25, 0.3) is 0 Å². The lowest BCUT2D eigenvalue weighted by Gasteiger charge is -1.97. The Balaban J connectivity index is 2.06. The van der Waals surface area contributed by atoms with Gasteiger partial charge in [-0.25, -0.2) is 0 Å². The Bertz CT molecular complexity index is 496. The molecule has 0 amide bonds. The summed E-state index contributed by atoms with van der Waals surface area (Å²) >= 11 is 5.90. The van der Waals surface area contributed by atoms with E-state index in [1.54, 1.807) is 0 Å². The van der Waals surface area contributed by atoms with Gasteiger partial charge in [-0.05, 0) is 24.6 Å². The SMILES string of the molecule is CC(N)Cc1noc(Cc2cccc(Cl)c2)n1. The van der Waals surface area contributed by atoms with Gasteiger partial charge in [-0.1, -0.05) is 28.9 Å². The van der Waals surface area contributed by atoms with E-state index < -0.39 is 0 Å². The molecular formula is C12H14ClN3O. The maximum atomic E-state index is 5.90. The maximum Gasteiger partial charge on any atom is 0.231 e. The minimum Gasteiger partial charge on any atom is -0.339 e. The zero-order valence-corrected chi connectivity index (χ0v) is 10.3. The second-order valence-corrected chi connectivity index (χ2v) is 4.53. The predicted molar refractivity (Wildman–Crippen MR) is 65.9 cm³/mol. The lowest BCUT2D eigenvalue weighted by molar-refractivity contribution is 0.378. The van der Waals surface area contributed by atoms with Gasteiger partial charge in [0.05, 0.1) is 6.42 Å². The Kier molecular flexibility index (Phi) is 3.76. The van der Waals surface area contributed by atoms with Gasteiger partial charge in [0.2, 0.25) is 5.89 Å². The summed E-state index contributed by atoms with van der Waals surface area (Å²) in [7, 11) is 0. The molecule has 0 spiro atoms. The van der Waals surface area contributed by atoms with Crippen molar-refractivity contribution in [3.63, 3.8) is 0 Å². The van der Waals surface area contributed by atoms with Gasteiger partial charge in [-0.2, -0.15) is 4.98 Å². The van der Waals surface area contributed by atoms with E-state index in [-0.39, 0.29) is 6.04 Å². The highest BCUT2D eigenvalue weighted by atomic mass is 35.5. The van der Waals surface area contributed by atoms with Crippen molar-refractivity contribution in [3.8, 4) is 0 Å². The number of rotatable bonds is 4. The van der Waals surface area contributed by atoms with E-state index in [0.29, 0.717) is 29.6 Å². The summed E-state index contributed by atoms with van der Waals surface area (Å²) in [6.07, 6.45) is 1.21. The number of aromatic nitrogens is 2. The second-order valence-electron chi connectivity index (χ2n) is 4.09. The predicted octanol–water partition coefficient (Wildman–Crippen LogP) is 2.20. The molecule has 5 heteroatoms. The molecule has 0 fully saturated rings. The highest BCUT2D eigenvalue weighted by Crippen LogP contribution is 2.14. The Morgan fingerprint density at radius 1 is 1.47 bits per heavy atom. The molecule has 1 unspecified atom stereocenters. The van der Waals surface area contributed by atoms with Crippen LogP contribution >= 0.6 is 11.6 Å². The number of hydrogen-bond acceptors (Lipinski definition) is 4. The van der Waals surface area contributed by atoms with Gasteiger partial charge >= 0.3 is 0 Å². The van der Waals surface area contributed by atoms with Crippen molar-refractivity contribution >= 4 is 11.6 Å². The zero-order valence-electron chi connectivity index (χ0n) is 9.56. The van der Waals surface area contributed by atoms with Crippen molar-refractivity contribution in [2.24, 2.45) is 5.73 Å². The van der Waals surface area contributed by atoms with E-state index in [0.717, 1.165) is 5.56 Å². The molecule has 0 saturated carbocycles. The van der Waals surface area contributed by atoms with Crippen LogP contribution in [0.25, 0.3) is 0 Å².